The van der Waals surface area contributed by atoms with E-state index < -0.39 is 0 Å². The van der Waals surface area contributed by atoms with Crippen LogP contribution in [-0.4, -0.2) is 22.9 Å². The molecule has 0 aliphatic heterocycles. The van der Waals surface area contributed by atoms with Crippen LogP contribution in [0.3, 0.4) is 0 Å². The van der Waals surface area contributed by atoms with Crippen LogP contribution in [0.5, 0.6) is 0 Å². The second-order valence-corrected chi connectivity index (χ2v) is 7.69. The van der Waals surface area contributed by atoms with Gasteiger partial charge in [-0.25, -0.2) is 0 Å². The first-order valence-corrected chi connectivity index (χ1v) is 9.29. The van der Waals surface area contributed by atoms with Crippen molar-refractivity contribution in [1.82, 2.24) is 4.90 Å². The summed E-state index contributed by atoms with van der Waals surface area (Å²) < 4.78 is 0. The predicted molar refractivity (Wildman–Crippen MR) is 102 cm³/mol. The Bertz CT molecular complexity index is 803. The number of rotatable bonds is 4. The number of carbonyl (C=O) groups excluding carboxylic acids is 1. The lowest BCUT2D eigenvalue weighted by molar-refractivity contribution is 0.0516. The third-order valence-electron chi connectivity index (χ3n) is 5.83. The fourth-order valence-electron chi connectivity index (χ4n) is 4.05. The Kier molecular flexibility index (Phi) is 4.03. The lowest BCUT2D eigenvalue weighted by Gasteiger charge is -2.44. The standard InChI is InChI=1S/C22H26N2O/c1-14-5-3-4-6-20(14)17-12-19(13-17)24(18-8-9-18)22(25)16-7-10-21(23)15(2)11-16/h3-7,10-11,17-19H,8-9,12-13,23H2,1-2H3. The maximum atomic E-state index is 13.1. The van der Waals surface area contributed by atoms with Crippen molar-refractivity contribution < 1.29 is 4.79 Å². The molecule has 4 rings (SSSR count). The number of hydrogen-bond acceptors (Lipinski definition) is 2. The molecule has 0 spiro atoms. The zero-order valence-electron chi connectivity index (χ0n) is 15.0. The average Bonchev–Trinajstić information content (AvgIpc) is 3.38. The molecule has 2 fully saturated rings. The van der Waals surface area contributed by atoms with Crippen molar-refractivity contribution in [2.24, 2.45) is 0 Å². The van der Waals surface area contributed by atoms with Gasteiger partial charge < -0.3 is 10.6 Å². The molecule has 0 saturated heterocycles. The summed E-state index contributed by atoms with van der Waals surface area (Å²) in [4.78, 5) is 15.3. The maximum absolute atomic E-state index is 13.1. The summed E-state index contributed by atoms with van der Waals surface area (Å²) >= 11 is 0. The monoisotopic (exact) mass is 334 g/mol. The summed E-state index contributed by atoms with van der Waals surface area (Å²) in [6.45, 7) is 4.15. The highest BCUT2D eigenvalue weighted by Gasteiger charge is 2.43. The van der Waals surface area contributed by atoms with Gasteiger partial charge in [-0.15, -0.1) is 0 Å². The van der Waals surface area contributed by atoms with Gasteiger partial charge in [-0.1, -0.05) is 24.3 Å². The van der Waals surface area contributed by atoms with E-state index in [1.165, 1.54) is 11.1 Å². The van der Waals surface area contributed by atoms with Gasteiger partial charge in [0.15, 0.2) is 0 Å². The van der Waals surface area contributed by atoms with Crippen LogP contribution >= 0.6 is 0 Å². The van der Waals surface area contributed by atoms with Crippen molar-refractivity contribution >= 4 is 11.6 Å². The summed E-state index contributed by atoms with van der Waals surface area (Å²) in [5, 5.41) is 0. The minimum absolute atomic E-state index is 0.179. The smallest absolute Gasteiger partial charge is 0.254 e. The minimum atomic E-state index is 0.179. The van der Waals surface area contributed by atoms with E-state index in [4.69, 9.17) is 5.73 Å². The molecule has 2 N–H and O–H groups in total. The largest absolute Gasteiger partial charge is 0.399 e. The number of amides is 1. The molecule has 2 aliphatic carbocycles. The van der Waals surface area contributed by atoms with Gasteiger partial charge >= 0.3 is 0 Å². The summed E-state index contributed by atoms with van der Waals surface area (Å²) in [7, 11) is 0. The molecule has 0 aromatic heterocycles. The van der Waals surface area contributed by atoms with Gasteiger partial charge in [0.05, 0.1) is 0 Å². The number of carbonyl (C=O) groups is 1. The highest BCUT2D eigenvalue weighted by molar-refractivity contribution is 5.95. The minimum Gasteiger partial charge on any atom is -0.399 e. The zero-order valence-corrected chi connectivity index (χ0v) is 15.0. The Morgan fingerprint density at radius 3 is 2.36 bits per heavy atom. The summed E-state index contributed by atoms with van der Waals surface area (Å²) in [5.41, 5.74) is 11.2. The Labute approximate surface area is 149 Å². The molecule has 1 amide bonds. The summed E-state index contributed by atoms with van der Waals surface area (Å²) in [6, 6.07) is 15.1. The highest BCUT2D eigenvalue weighted by atomic mass is 16.2. The summed E-state index contributed by atoms with van der Waals surface area (Å²) in [6.07, 6.45) is 4.46. The van der Waals surface area contributed by atoms with Crippen molar-refractivity contribution in [3.8, 4) is 0 Å². The quantitative estimate of drug-likeness (QED) is 0.840. The molecular weight excluding hydrogens is 308 g/mol. The van der Waals surface area contributed by atoms with Gasteiger partial charge in [-0.05, 0) is 80.3 Å². The van der Waals surface area contributed by atoms with Crippen LogP contribution in [0, 0.1) is 13.8 Å². The van der Waals surface area contributed by atoms with E-state index in [9.17, 15) is 4.79 Å². The third kappa shape index (κ3) is 3.04. The van der Waals surface area contributed by atoms with Crippen molar-refractivity contribution in [1.29, 1.82) is 0 Å². The first kappa shape index (κ1) is 16.2. The fraction of sp³-hybridized carbons (Fsp3) is 0.409. The second-order valence-electron chi connectivity index (χ2n) is 7.69. The number of anilines is 1. The Balaban J connectivity index is 1.50. The van der Waals surface area contributed by atoms with Crippen molar-refractivity contribution in [2.75, 3.05) is 5.73 Å². The highest BCUT2D eigenvalue weighted by Crippen LogP contribution is 2.45. The molecule has 0 bridgehead atoms. The molecule has 130 valence electrons. The van der Waals surface area contributed by atoms with Gasteiger partial charge in [0.25, 0.3) is 5.91 Å². The van der Waals surface area contributed by atoms with Gasteiger partial charge in [0.2, 0.25) is 0 Å². The third-order valence-corrected chi connectivity index (χ3v) is 5.83. The normalized spacial score (nSPS) is 22.3. The number of nitrogens with two attached hydrogens (primary N) is 1. The van der Waals surface area contributed by atoms with Crippen LogP contribution in [0.1, 0.15) is 58.6 Å². The van der Waals surface area contributed by atoms with E-state index in [0.29, 0.717) is 18.0 Å². The first-order valence-electron chi connectivity index (χ1n) is 9.29. The number of aryl methyl sites for hydroxylation is 2. The van der Waals surface area contributed by atoms with E-state index >= 15 is 0 Å². The van der Waals surface area contributed by atoms with Crippen LogP contribution in [0.2, 0.25) is 0 Å². The molecule has 2 saturated carbocycles. The number of nitrogen functional groups attached to an aromatic ring is 1. The van der Waals surface area contributed by atoms with Crippen LogP contribution in [0.25, 0.3) is 0 Å². The van der Waals surface area contributed by atoms with Crippen LogP contribution in [-0.2, 0) is 0 Å². The average molecular weight is 334 g/mol. The summed E-state index contributed by atoms with van der Waals surface area (Å²) in [5.74, 6) is 0.771. The van der Waals surface area contributed by atoms with Gasteiger partial charge in [0.1, 0.15) is 0 Å². The van der Waals surface area contributed by atoms with Crippen molar-refractivity contribution in [2.45, 2.75) is 57.5 Å². The molecule has 2 aromatic rings. The van der Waals surface area contributed by atoms with Gasteiger partial charge in [0, 0.05) is 23.3 Å². The number of nitrogens with zero attached hydrogens (tertiary/aromatic N) is 1. The van der Waals surface area contributed by atoms with E-state index in [2.05, 4.69) is 36.1 Å². The molecule has 3 heteroatoms. The molecule has 0 heterocycles. The Morgan fingerprint density at radius 1 is 1.00 bits per heavy atom. The molecule has 2 aliphatic rings. The lowest BCUT2D eigenvalue weighted by atomic mass is 9.73. The van der Waals surface area contributed by atoms with E-state index in [0.717, 1.165) is 42.5 Å². The van der Waals surface area contributed by atoms with Crippen molar-refractivity contribution in [3.63, 3.8) is 0 Å². The van der Waals surface area contributed by atoms with E-state index in [1.54, 1.807) is 0 Å². The Morgan fingerprint density at radius 2 is 1.72 bits per heavy atom. The lowest BCUT2D eigenvalue weighted by Crippen LogP contribution is -2.48. The topological polar surface area (TPSA) is 46.3 Å². The molecule has 0 atom stereocenters. The molecular formula is C22H26N2O. The second kappa shape index (κ2) is 6.21. The molecule has 3 nitrogen and oxygen atoms in total. The van der Waals surface area contributed by atoms with Crippen molar-refractivity contribution in [3.05, 3.63) is 64.7 Å². The Hall–Kier alpha value is -2.29. The van der Waals surface area contributed by atoms with Crippen LogP contribution in [0.15, 0.2) is 42.5 Å². The predicted octanol–water partition coefficient (Wildman–Crippen LogP) is 4.44. The van der Waals surface area contributed by atoms with E-state index in [1.807, 2.05) is 25.1 Å². The van der Waals surface area contributed by atoms with E-state index in [-0.39, 0.29) is 5.91 Å². The van der Waals surface area contributed by atoms with Gasteiger partial charge in [-0.3, -0.25) is 4.79 Å². The molecule has 0 unspecified atom stereocenters. The maximum Gasteiger partial charge on any atom is 0.254 e. The molecule has 0 radical (unpaired) electrons. The van der Waals surface area contributed by atoms with Crippen LogP contribution < -0.4 is 5.73 Å². The SMILES string of the molecule is Cc1cc(C(=O)N(C2CC2)C2CC(c3ccccc3C)C2)ccc1N. The molecule has 25 heavy (non-hydrogen) atoms. The number of hydrogen-bond donors (Lipinski definition) is 1. The van der Waals surface area contributed by atoms with Crippen LogP contribution in [0.4, 0.5) is 5.69 Å². The first-order chi connectivity index (χ1) is 12.0. The zero-order chi connectivity index (χ0) is 17.6. The molecule has 2 aromatic carbocycles. The van der Waals surface area contributed by atoms with Gasteiger partial charge in [-0.2, -0.15) is 0 Å². The fourth-order valence-corrected chi connectivity index (χ4v) is 4.05. The number of benzene rings is 2.